The van der Waals surface area contributed by atoms with Gasteiger partial charge < -0.3 is 9.64 Å². The molecule has 2 rings (SSSR count). The number of rotatable bonds is 1. The predicted octanol–water partition coefficient (Wildman–Crippen LogP) is 2.41. The molecular formula is C10H10ClNO2. The Bertz CT molecular complexity index is 367. The van der Waals surface area contributed by atoms with Gasteiger partial charge in [-0.1, -0.05) is 18.2 Å². The number of benzene rings is 1. The molecule has 1 aliphatic rings. The zero-order chi connectivity index (χ0) is 10.1. The van der Waals surface area contributed by atoms with E-state index in [9.17, 15) is 4.79 Å². The van der Waals surface area contributed by atoms with Crippen LogP contribution in [0.4, 0.5) is 4.79 Å². The van der Waals surface area contributed by atoms with Crippen LogP contribution in [-0.4, -0.2) is 23.9 Å². The van der Waals surface area contributed by atoms with Crippen molar-refractivity contribution >= 4 is 17.0 Å². The third-order valence-corrected chi connectivity index (χ3v) is 2.69. The molecule has 0 saturated carbocycles. The molecule has 0 N–H and O–H groups in total. The molecule has 0 bridgehead atoms. The highest BCUT2D eigenvalue weighted by Gasteiger charge is 2.28. The maximum Gasteiger partial charge on any atom is 0.316 e. The molecule has 0 spiro atoms. The van der Waals surface area contributed by atoms with Crippen LogP contribution in [0.2, 0.25) is 0 Å². The average Bonchev–Trinajstić information content (AvgIpc) is 2.60. The van der Waals surface area contributed by atoms with Crippen LogP contribution >= 0.6 is 11.6 Å². The summed E-state index contributed by atoms with van der Waals surface area (Å²) in [6, 6.07) is 7.61. The van der Waals surface area contributed by atoms with Crippen molar-refractivity contribution in [3.8, 4) is 5.75 Å². The maximum absolute atomic E-state index is 11.0. The summed E-state index contributed by atoms with van der Waals surface area (Å²) in [5.41, 5.74) is 1.02. The van der Waals surface area contributed by atoms with Gasteiger partial charge in [-0.2, -0.15) is 0 Å². The lowest BCUT2D eigenvalue weighted by molar-refractivity contribution is 0.197. The van der Waals surface area contributed by atoms with Crippen molar-refractivity contribution in [1.29, 1.82) is 0 Å². The second-order valence-electron chi connectivity index (χ2n) is 3.23. The Morgan fingerprint density at radius 2 is 2.29 bits per heavy atom. The Balaban J connectivity index is 2.30. The van der Waals surface area contributed by atoms with Crippen LogP contribution in [-0.2, 0) is 0 Å². The second kappa shape index (κ2) is 3.50. The number of nitrogens with zero attached hydrogens (tertiary/aromatic N) is 1. The summed E-state index contributed by atoms with van der Waals surface area (Å²) >= 11 is 5.41. The molecule has 1 atom stereocenters. The Hall–Kier alpha value is -1.22. The Labute approximate surface area is 87.2 Å². The van der Waals surface area contributed by atoms with Crippen molar-refractivity contribution in [2.75, 3.05) is 13.7 Å². The molecule has 74 valence electrons. The number of carbonyl (C=O) groups excluding carboxylic acids is 1. The van der Waals surface area contributed by atoms with Crippen molar-refractivity contribution in [3.63, 3.8) is 0 Å². The van der Waals surface area contributed by atoms with Gasteiger partial charge in [0.25, 0.3) is 0 Å². The molecule has 1 unspecified atom stereocenters. The van der Waals surface area contributed by atoms with E-state index in [4.69, 9.17) is 16.3 Å². The van der Waals surface area contributed by atoms with E-state index in [1.807, 2.05) is 24.3 Å². The fourth-order valence-electron chi connectivity index (χ4n) is 1.59. The van der Waals surface area contributed by atoms with Gasteiger partial charge in [0.2, 0.25) is 0 Å². The van der Waals surface area contributed by atoms with Gasteiger partial charge in [0.1, 0.15) is 12.4 Å². The predicted molar refractivity (Wildman–Crippen MR) is 53.7 cm³/mol. The minimum Gasteiger partial charge on any atom is -0.491 e. The topological polar surface area (TPSA) is 29.5 Å². The largest absolute Gasteiger partial charge is 0.491 e. The SMILES string of the molecule is CN(C(=O)Cl)C1COc2ccccc21. The van der Waals surface area contributed by atoms with Crippen LogP contribution in [0.15, 0.2) is 24.3 Å². The molecule has 1 amide bonds. The number of para-hydroxylation sites is 1. The van der Waals surface area contributed by atoms with Gasteiger partial charge in [-0.25, -0.2) is 0 Å². The van der Waals surface area contributed by atoms with Crippen LogP contribution in [0.25, 0.3) is 0 Å². The Morgan fingerprint density at radius 1 is 1.57 bits per heavy atom. The molecule has 4 heteroatoms. The zero-order valence-corrected chi connectivity index (χ0v) is 8.49. The van der Waals surface area contributed by atoms with E-state index in [2.05, 4.69) is 0 Å². The van der Waals surface area contributed by atoms with Crippen LogP contribution in [0.3, 0.4) is 0 Å². The molecule has 1 heterocycles. The molecule has 1 aliphatic heterocycles. The first kappa shape index (κ1) is 9.34. The van der Waals surface area contributed by atoms with Gasteiger partial charge in [-0.15, -0.1) is 0 Å². The lowest BCUT2D eigenvalue weighted by Crippen LogP contribution is -2.27. The number of likely N-dealkylation sites (N-methyl/N-ethyl adjacent to an activating group) is 1. The van der Waals surface area contributed by atoms with Gasteiger partial charge in [0.15, 0.2) is 0 Å². The van der Waals surface area contributed by atoms with Gasteiger partial charge >= 0.3 is 5.37 Å². The summed E-state index contributed by atoms with van der Waals surface area (Å²) in [7, 11) is 1.67. The van der Waals surface area contributed by atoms with Crippen molar-refractivity contribution in [2.24, 2.45) is 0 Å². The first-order chi connectivity index (χ1) is 6.70. The maximum atomic E-state index is 11.0. The number of amides is 1. The molecule has 0 aliphatic carbocycles. The molecule has 0 radical (unpaired) electrons. The normalized spacial score (nSPS) is 18.6. The number of carbonyl (C=O) groups is 1. The Kier molecular flexibility index (Phi) is 2.33. The van der Waals surface area contributed by atoms with Crippen molar-refractivity contribution in [1.82, 2.24) is 4.90 Å². The first-order valence-corrected chi connectivity index (χ1v) is 4.72. The van der Waals surface area contributed by atoms with E-state index in [-0.39, 0.29) is 6.04 Å². The molecule has 1 aromatic carbocycles. The summed E-state index contributed by atoms with van der Waals surface area (Å²) in [6.45, 7) is 0.480. The first-order valence-electron chi connectivity index (χ1n) is 4.34. The van der Waals surface area contributed by atoms with Crippen molar-refractivity contribution in [2.45, 2.75) is 6.04 Å². The quantitative estimate of drug-likeness (QED) is 0.528. The number of fused-ring (bicyclic) bond motifs is 1. The number of hydrogen-bond donors (Lipinski definition) is 0. The minimum atomic E-state index is -0.463. The highest BCUT2D eigenvalue weighted by Crippen LogP contribution is 2.35. The Morgan fingerprint density at radius 3 is 3.00 bits per heavy atom. The molecular weight excluding hydrogens is 202 g/mol. The van der Waals surface area contributed by atoms with Gasteiger partial charge in [0, 0.05) is 12.6 Å². The lowest BCUT2D eigenvalue weighted by atomic mass is 10.1. The van der Waals surface area contributed by atoms with E-state index in [0.29, 0.717) is 6.61 Å². The molecule has 0 fully saturated rings. The number of hydrogen-bond acceptors (Lipinski definition) is 2. The third-order valence-electron chi connectivity index (χ3n) is 2.42. The highest BCUT2D eigenvalue weighted by atomic mass is 35.5. The lowest BCUT2D eigenvalue weighted by Gasteiger charge is -2.20. The fraction of sp³-hybridized carbons (Fsp3) is 0.300. The van der Waals surface area contributed by atoms with Gasteiger partial charge in [-0.05, 0) is 17.7 Å². The van der Waals surface area contributed by atoms with Crippen LogP contribution in [0.1, 0.15) is 11.6 Å². The van der Waals surface area contributed by atoms with Crippen LogP contribution in [0.5, 0.6) is 5.75 Å². The van der Waals surface area contributed by atoms with Gasteiger partial charge in [-0.3, -0.25) is 4.79 Å². The van der Waals surface area contributed by atoms with E-state index in [0.717, 1.165) is 11.3 Å². The van der Waals surface area contributed by atoms with Crippen LogP contribution in [0, 0.1) is 0 Å². The summed E-state index contributed by atoms with van der Waals surface area (Å²) < 4.78 is 5.43. The van der Waals surface area contributed by atoms with Gasteiger partial charge in [0.05, 0.1) is 6.04 Å². The smallest absolute Gasteiger partial charge is 0.316 e. The van der Waals surface area contributed by atoms with Crippen LogP contribution < -0.4 is 4.74 Å². The molecule has 1 aromatic rings. The fourth-order valence-corrected chi connectivity index (χ4v) is 1.71. The summed E-state index contributed by atoms with van der Waals surface area (Å²) in [6.07, 6.45) is 0. The standard InChI is InChI=1S/C10H10ClNO2/c1-12(10(11)13)8-6-14-9-5-3-2-4-7(8)9/h2-5,8H,6H2,1H3. The third kappa shape index (κ3) is 1.44. The average molecular weight is 212 g/mol. The van der Waals surface area contributed by atoms with Crippen molar-refractivity contribution < 1.29 is 9.53 Å². The van der Waals surface area contributed by atoms with E-state index in [1.165, 1.54) is 4.90 Å². The monoisotopic (exact) mass is 211 g/mol. The zero-order valence-electron chi connectivity index (χ0n) is 7.74. The second-order valence-corrected chi connectivity index (χ2v) is 3.55. The summed E-state index contributed by atoms with van der Waals surface area (Å²) in [4.78, 5) is 12.5. The molecule has 0 saturated heterocycles. The molecule has 0 aromatic heterocycles. The summed E-state index contributed by atoms with van der Waals surface area (Å²) in [5.74, 6) is 0.835. The minimum absolute atomic E-state index is 0.0591. The highest BCUT2D eigenvalue weighted by molar-refractivity contribution is 6.62. The molecule has 3 nitrogen and oxygen atoms in total. The van der Waals surface area contributed by atoms with E-state index in [1.54, 1.807) is 7.05 Å². The van der Waals surface area contributed by atoms with E-state index < -0.39 is 5.37 Å². The van der Waals surface area contributed by atoms with E-state index >= 15 is 0 Å². The summed E-state index contributed by atoms with van der Waals surface area (Å²) in [5, 5.41) is -0.463. The number of halogens is 1. The number of ether oxygens (including phenoxy) is 1. The van der Waals surface area contributed by atoms with Crippen molar-refractivity contribution in [3.05, 3.63) is 29.8 Å². The molecule has 14 heavy (non-hydrogen) atoms.